The minimum Gasteiger partial charge on any atom is -0.489 e. The minimum atomic E-state index is -1.81. The maximum absolute atomic E-state index is 12.2. The van der Waals surface area contributed by atoms with Crippen LogP contribution in [0.25, 0.3) is 0 Å². The van der Waals surface area contributed by atoms with Gasteiger partial charge in [0, 0.05) is 6.54 Å². The van der Waals surface area contributed by atoms with E-state index in [9.17, 15) is 19.6 Å². The lowest BCUT2D eigenvalue weighted by atomic mass is 9.77. The lowest BCUT2D eigenvalue weighted by molar-refractivity contribution is -0.123. The first-order valence-corrected chi connectivity index (χ1v) is 9.67. The van der Waals surface area contributed by atoms with E-state index in [-0.39, 0.29) is 35.8 Å². The van der Waals surface area contributed by atoms with Crippen LogP contribution in [0.2, 0.25) is 0 Å². The molecular formula is C23H22BNO6. The van der Waals surface area contributed by atoms with Crippen LogP contribution in [-0.2, 0) is 17.9 Å². The molecule has 3 rings (SSSR count). The highest BCUT2D eigenvalue weighted by Gasteiger charge is 2.19. The lowest BCUT2D eigenvalue weighted by Gasteiger charge is -2.13. The molecule has 0 fully saturated rings. The van der Waals surface area contributed by atoms with Crippen molar-refractivity contribution < 1.29 is 29.1 Å². The summed E-state index contributed by atoms with van der Waals surface area (Å²) in [6.45, 7) is 0.326. The number of carbonyl (C=O) groups is 2. The van der Waals surface area contributed by atoms with Crippen LogP contribution in [0.4, 0.5) is 0 Å². The highest BCUT2D eigenvalue weighted by Crippen LogP contribution is 2.16. The summed E-state index contributed by atoms with van der Waals surface area (Å²) in [4.78, 5) is 23.5. The number of hydrogen-bond acceptors (Lipinski definition) is 6. The summed E-state index contributed by atoms with van der Waals surface area (Å²) in [7, 11) is -1.81. The summed E-state index contributed by atoms with van der Waals surface area (Å²) >= 11 is 0. The molecule has 158 valence electrons. The number of aldehydes is 1. The smallest absolute Gasteiger partial charge is 0.489 e. The van der Waals surface area contributed by atoms with E-state index in [1.807, 2.05) is 54.6 Å². The van der Waals surface area contributed by atoms with Crippen molar-refractivity contribution in [2.24, 2.45) is 0 Å². The van der Waals surface area contributed by atoms with Gasteiger partial charge in [-0.05, 0) is 34.8 Å². The highest BCUT2D eigenvalue weighted by atomic mass is 16.5. The Balaban J connectivity index is 1.56. The highest BCUT2D eigenvalue weighted by molar-refractivity contribution is 6.60. The van der Waals surface area contributed by atoms with Crippen molar-refractivity contribution in [1.82, 2.24) is 5.32 Å². The Morgan fingerprint density at radius 3 is 2.32 bits per heavy atom. The molecule has 0 saturated carbocycles. The molecule has 0 radical (unpaired) electrons. The molecule has 0 aliphatic rings. The minimum absolute atomic E-state index is 0.00583. The Bertz CT molecular complexity index is 1030. The Kier molecular flexibility index (Phi) is 7.81. The molecule has 0 bridgehead atoms. The molecule has 0 atom stereocenters. The average Bonchev–Trinajstić information content (AvgIpc) is 2.80. The van der Waals surface area contributed by atoms with Crippen molar-refractivity contribution in [1.29, 1.82) is 0 Å². The third-order valence-corrected chi connectivity index (χ3v) is 4.59. The first kappa shape index (κ1) is 22.1. The number of benzene rings is 3. The van der Waals surface area contributed by atoms with Gasteiger partial charge in [0.05, 0.1) is 5.56 Å². The van der Waals surface area contributed by atoms with Crippen LogP contribution >= 0.6 is 0 Å². The zero-order chi connectivity index (χ0) is 22.1. The van der Waals surface area contributed by atoms with Gasteiger partial charge in [-0.3, -0.25) is 9.59 Å². The fourth-order valence-corrected chi connectivity index (χ4v) is 2.97. The molecular weight excluding hydrogens is 397 g/mol. The van der Waals surface area contributed by atoms with E-state index in [1.165, 1.54) is 18.2 Å². The molecule has 7 nitrogen and oxygen atoms in total. The second-order valence-electron chi connectivity index (χ2n) is 6.69. The Hall–Kier alpha value is -3.62. The van der Waals surface area contributed by atoms with Crippen molar-refractivity contribution in [3.63, 3.8) is 0 Å². The number of rotatable bonds is 10. The largest absolute Gasteiger partial charge is 0.489 e. The molecule has 0 aliphatic carbocycles. The first-order chi connectivity index (χ1) is 15.1. The maximum atomic E-state index is 12.2. The number of hydrogen-bond donors (Lipinski definition) is 3. The topological polar surface area (TPSA) is 105 Å². The molecule has 0 spiro atoms. The second-order valence-corrected chi connectivity index (χ2v) is 6.69. The summed E-state index contributed by atoms with van der Waals surface area (Å²) in [5.41, 5.74) is 1.86. The van der Waals surface area contributed by atoms with E-state index in [2.05, 4.69) is 5.32 Å². The van der Waals surface area contributed by atoms with Crippen molar-refractivity contribution >= 4 is 24.8 Å². The van der Waals surface area contributed by atoms with Gasteiger partial charge in [-0.2, -0.15) is 0 Å². The lowest BCUT2D eigenvalue weighted by Crippen LogP contribution is -2.34. The Morgan fingerprint density at radius 1 is 0.903 bits per heavy atom. The number of amides is 1. The summed E-state index contributed by atoms with van der Waals surface area (Å²) in [5.74, 6) is 0.480. The van der Waals surface area contributed by atoms with Gasteiger partial charge in [0.25, 0.3) is 5.91 Å². The second kappa shape index (κ2) is 11.0. The van der Waals surface area contributed by atoms with Gasteiger partial charge < -0.3 is 24.8 Å². The summed E-state index contributed by atoms with van der Waals surface area (Å²) in [6, 6.07) is 21.5. The van der Waals surface area contributed by atoms with Crippen molar-refractivity contribution in [2.45, 2.75) is 13.2 Å². The Morgan fingerprint density at radius 2 is 1.61 bits per heavy atom. The third kappa shape index (κ3) is 6.18. The van der Waals surface area contributed by atoms with Gasteiger partial charge in [-0.1, -0.05) is 54.6 Å². The third-order valence-electron chi connectivity index (χ3n) is 4.59. The fraction of sp³-hybridized carbons (Fsp3) is 0.130. The van der Waals surface area contributed by atoms with Crippen LogP contribution in [-0.4, -0.2) is 36.0 Å². The quantitative estimate of drug-likeness (QED) is 0.340. The van der Waals surface area contributed by atoms with Crippen LogP contribution in [0.1, 0.15) is 21.5 Å². The number of ether oxygens (including phenoxy) is 2. The summed E-state index contributed by atoms with van der Waals surface area (Å²) < 4.78 is 11.2. The van der Waals surface area contributed by atoms with Gasteiger partial charge in [0.1, 0.15) is 18.1 Å². The zero-order valence-electron chi connectivity index (χ0n) is 16.7. The van der Waals surface area contributed by atoms with Gasteiger partial charge in [-0.15, -0.1) is 0 Å². The molecule has 0 aliphatic heterocycles. The normalized spacial score (nSPS) is 10.3. The molecule has 3 aromatic carbocycles. The molecule has 1 amide bonds. The number of para-hydroxylation sites is 1. The van der Waals surface area contributed by atoms with Crippen LogP contribution in [0.15, 0.2) is 72.8 Å². The van der Waals surface area contributed by atoms with Crippen molar-refractivity contribution in [3.8, 4) is 11.5 Å². The monoisotopic (exact) mass is 419 g/mol. The SMILES string of the molecule is O=Cc1c(OCC(=O)NCc2ccccc2COc2ccccc2)cccc1B(O)O. The summed E-state index contributed by atoms with van der Waals surface area (Å²) in [5, 5.41) is 21.5. The Labute approximate surface area is 180 Å². The first-order valence-electron chi connectivity index (χ1n) is 9.67. The molecule has 0 unspecified atom stereocenters. The zero-order valence-corrected chi connectivity index (χ0v) is 16.7. The van der Waals surface area contributed by atoms with E-state index in [1.54, 1.807) is 0 Å². The van der Waals surface area contributed by atoms with E-state index in [4.69, 9.17) is 9.47 Å². The van der Waals surface area contributed by atoms with Crippen molar-refractivity contribution in [3.05, 3.63) is 89.5 Å². The van der Waals surface area contributed by atoms with Crippen LogP contribution in [0.3, 0.4) is 0 Å². The van der Waals surface area contributed by atoms with Gasteiger partial charge in [0.15, 0.2) is 12.9 Å². The van der Waals surface area contributed by atoms with Gasteiger partial charge in [-0.25, -0.2) is 0 Å². The molecule has 31 heavy (non-hydrogen) atoms. The predicted octanol–water partition coefficient (Wildman–Crippen LogP) is 1.45. The van der Waals surface area contributed by atoms with Crippen LogP contribution < -0.4 is 20.3 Å². The molecule has 8 heteroatoms. The van der Waals surface area contributed by atoms with E-state index in [0.29, 0.717) is 12.9 Å². The summed E-state index contributed by atoms with van der Waals surface area (Å²) in [6.07, 6.45) is 0.463. The van der Waals surface area contributed by atoms with E-state index in [0.717, 1.165) is 16.9 Å². The van der Waals surface area contributed by atoms with Crippen LogP contribution in [0.5, 0.6) is 11.5 Å². The molecule has 0 saturated heterocycles. The number of nitrogens with one attached hydrogen (secondary N) is 1. The van der Waals surface area contributed by atoms with E-state index >= 15 is 0 Å². The molecule has 3 N–H and O–H groups in total. The fourth-order valence-electron chi connectivity index (χ4n) is 2.97. The molecule has 0 aromatic heterocycles. The van der Waals surface area contributed by atoms with Crippen LogP contribution in [0, 0.1) is 0 Å². The van der Waals surface area contributed by atoms with E-state index < -0.39 is 7.12 Å². The molecule has 0 heterocycles. The van der Waals surface area contributed by atoms with Gasteiger partial charge >= 0.3 is 7.12 Å². The van der Waals surface area contributed by atoms with Gasteiger partial charge in [0.2, 0.25) is 0 Å². The molecule has 3 aromatic rings. The number of carbonyl (C=O) groups excluding carboxylic acids is 2. The average molecular weight is 419 g/mol. The standard InChI is InChI=1S/C23H22BNO6/c26-14-20-21(24(28)29)11-6-12-22(20)31-16-23(27)25-13-17-7-4-5-8-18(17)15-30-19-9-2-1-3-10-19/h1-12,14,28-29H,13,15-16H2,(H,25,27). The predicted molar refractivity (Wildman–Crippen MR) is 116 cm³/mol. The van der Waals surface area contributed by atoms with Crippen molar-refractivity contribution in [2.75, 3.05) is 6.61 Å². The maximum Gasteiger partial charge on any atom is 0.489 e.